The molecule has 0 aliphatic heterocycles. The average molecular weight is 348 g/mol. The molecule has 1 aliphatic carbocycles. The van der Waals surface area contributed by atoms with Gasteiger partial charge in [0.15, 0.2) is 6.61 Å². The first-order valence-electron chi connectivity index (χ1n) is 8.83. The lowest BCUT2D eigenvalue weighted by molar-refractivity contribution is -0.142. The predicted molar refractivity (Wildman–Crippen MR) is 96.7 cm³/mol. The van der Waals surface area contributed by atoms with Gasteiger partial charge in [0, 0.05) is 11.7 Å². The third kappa shape index (κ3) is 5.96. The molecular weight excluding hydrogens is 320 g/mol. The summed E-state index contributed by atoms with van der Waals surface area (Å²) in [6, 6.07) is 5.72. The maximum atomic E-state index is 12.2. The van der Waals surface area contributed by atoms with E-state index < -0.39 is 5.97 Å². The van der Waals surface area contributed by atoms with Crippen molar-refractivity contribution < 1.29 is 19.1 Å². The molecule has 1 aliphatic rings. The summed E-state index contributed by atoms with van der Waals surface area (Å²) in [6.45, 7) is 4.25. The number of hydrogen-bond donors (Lipinski definition) is 2. The van der Waals surface area contributed by atoms with Crippen LogP contribution in [0.4, 0.5) is 5.69 Å². The van der Waals surface area contributed by atoms with Crippen molar-refractivity contribution in [1.82, 2.24) is 5.32 Å². The van der Waals surface area contributed by atoms with Crippen molar-refractivity contribution in [3.05, 3.63) is 23.8 Å². The van der Waals surface area contributed by atoms with Gasteiger partial charge < -0.3 is 20.1 Å². The number of anilines is 1. The Kier molecular flexibility index (Phi) is 7.10. The van der Waals surface area contributed by atoms with E-state index in [0.717, 1.165) is 17.7 Å². The van der Waals surface area contributed by atoms with Gasteiger partial charge in [-0.3, -0.25) is 4.79 Å². The first-order chi connectivity index (χ1) is 12.0. The second-order valence-electron chi connectivity index (χ2n) is 6.63. The van der Waals surface area contributed by atoms with Crippen LogP contribution in [0.25, 0.3) is 0 Å². The number of hydrogen-bond acceptors (Lipinski definition) is 5. The fraction of sp³-hybridized carbons (Fsp3) is 0.579. The van der Waals surface area contributed by atoms with Gasteiger partial charge >= 0.3 is 5.97 Å². The standard InChI is InChI=1S/C19H28N2O4/c1-13-6-4-5-7-17(13)21-18(22)11-20-16-9-8-15(10-14(16)2)25-12-19(23)24-3/h8-10,13,17,20H,4-7,11-12H2,1-3H3,(H,21,22)/t13-,17-/m0/s1. The Morgan fingerprint density at radius 2 is 2.00 bits per heavy atom. The molecule has 138 valence electrons. The molecule has 0 unspecified atom stereocenters. The van der Waals surface area contributed by atoms with E-state index in [-0.39, 0.29) is 19.1 Å². The van der Waals surface area contributed by atoms with E-state index in [2.05, 4.69) is 22.3 Å². The summed E-state index contributed by atoms with van der Waals surface area (Å²) >= 11 is 0. The summed E-state index contributed by atoms with van der Waals surface area (Å²) in [4.78, 5) is 23.3. The van der Waals surface area contributed by atoms with Gasteiger partial charge in [-0.25, -0.2) is 4.79 Å². The van der Waals surface area contributed by atoms with Gasteiger partial charge in [0.25, 0.3) is 0 Å². The number of carbonyl (C=O) groups excluding carboxylic acids is 2. The number of nitrogens with one attached hydrogen (secondary N) is 2. The molecule has 0 heterocycles. The van der Waals surface area contributed by atoms with Crippen LogP contribution in [0.2, 0.25) is 0 Å². The Bertz CT molecular complexity index is 603. The largest absolute Gasteiger partial charge is 0.482 e. The second-order valence-corrected chi connectivity index (χ2v) is 6.63. The second kappa shape index (κ2) is 9.30. The van der Waals surface area contributed by atoms with Crippen LogP contribution in [0.15, 0.2) is 18.2 Å². The van der Waals surface area contributed by atoms with Gasteiger partial charge in [-0.15, -0.1) is 0 Å². The van der Waals surface area contributed by atoms with E-state index in [0.29, 0.717) is 17.7 Å². The van der Waals surface area contributed by atoms with Gasteiger partial charge in [-0.1, -0.05) is 19.8 Å². The number of methoxy groups -OCH3 is 1. The molecule has 6 heteroatoms. The van der Waals surface area contributed by atoms with Crippen LogP contribution in [0.3, 0.4) is 0 Å². The molecule has 6 nitrogen and oxygen atoms in total. The lowest BCUT2D eigenvalue weighted by Gasteiger charge is -2.29. The maximum Gasteiger partial charge on any atom is 0.343 e. The van der Waals surface area contributed by atoms with Crippen LogP contribution in [-0.2, 0) is 14.3 Å². The summed E-state index contributed by atoms with van der Waals surface area (Å²) in [5.74, 6) is 0.734. The monoisotopic (exact) mass is 348 g/mol. The number of esters is 1. The molecule has 1 aromatic carbocycles. The van der Waals surface area contributed by atoms with Crippen LogP contribution in [0.1, 0.15) is 38.2 Å². The first kappa shape index (κ1) is 19.1. The number of carbonyl (C=O) groups is 2. The van der Waals surface area contributed by atoms with Crippen molar-refractivity contribution in [3.63, 3.8) is 0 Å². The summed E-state index contributed by atoms with van der Waals surface area (Å²) in [5, 5.41) is 6.29. The van der Waals surface area contributed by atoms with Crippen LogP contribution < -0.4 is 15.4 Å². The van der Waals surface area contributed by atoms with E-state index in [4.69, 9.17) is 4.74 Å². The van der Waals surface area contributed by atoms with Crippen molar-refractivity contribution in [2.24, 2.45) is 5.92 Å². The Hall–Kier alpha value is -2.24. The van der Waals surface area contributed by atoms with E-state index in [1.54, 1.807) is 6.07 Å². The fourth-order valence-corrected chi connectivity index (χ4v) is 3.09. The Labute approximate surface area is 149 Å². The van der Waals surface area contributed by atoms with Crippen molar-refractivity contribution in [2.75, 3.05) is 25.6 Å². The van der Waals surface area contributed by atoms with E-state index >= 15 is 0 Å². The van der Waals surface area contributed by atoms with Crippen LogP contribution in [0.5, 0.6) is 5.75 Å². The number of amides is 1. The molecule has 25 heavy (non-hydrogen) atoms. The van der Waals surface area contributed by atoms with Crippen LogP contribution in [-0.4, -0.2) is 38.2 Å². The molecule has 2 N–H and O–H groups in total. The number of aryl methyl sites for hydroxylation is 1. The summed E-state index contributed by atoms with van der Waals surface area (Å²) in [7, 11) is 1.32. The lowest BCUT2D eigenvalue weighted by Crippen LogP contribution is -2.43. The quantitative estimate of drug-likeness (QED) is 0.741. The van der Waals surface area contributed by atoms with Gasteiger partial charge in [0.2, 0.25) is 5.91 Å². The van der Waals surface area contributed by atoms with E-state index in [9.17, 15) is 9.59 Å². The number of rotatable bonds is 7. The topological polar surface area (TPSA) is 76.7 Å². The molecule has 2 atom stereocenters. The summed E-state index contributed by atoms with van der Waals surface area (Å²) < 4.78 is 9.89. The highest BCUT2D eigenvalue weighted by molar-refractivity contribution is 5.81. The summed E-state index contributed by atoms with van der Waals surface area (Å²) in [5.41, 5.74) is 1.82. The van der Waals surface area contributed by atoms with Crippen molar-refractivity contribution in [3.8, 4) is 5.75 Å². The zero-order valence-electron chi connectivity index (χ0n) is 15.3. The predicted octanol–water partition coefficient (Wildman–Crippen LogP) is 2.65. The molecule has 0 saturated heterocycles. The zero-order valence-corrected chi connectivity index (χ0v) is 15.3. The molecule has 0 bridgehead atoms. The van der Waals surface area contributed by atoms with Gasteiger partial charge in [-0.2, -0.15) is 0 Å². The van der Waals surface area contributed by atoms with Gasteiger partial charge in [0.1, 0.15) is 5.75 Å². The number of ether oxygens (including phenoxy) is 2. The van der Waals surface area contributed by atoms with Gasteiger partial charge in [-0.05, 0) is 49.4 Å². The Morgan fingerprint density at radius 3 is 2.68 bits per heavy atom. The third-order valence-corrected chi connectivity index (χ3v) is 4.68. The highest BCUT2D eigenvalue weighted by atomic mass is 16.6. The molecular formula is C19H28N2O4. The fourth-order valence-electron chi connectivity index (χ4n) is 3.09. The minimum atomic E-state index is -0.423. The highest BCUT2D eigenvalue weighted by Crippen LogP contribution is 2.24. The average Bonchev–Trinajstić information content (AvgIpc) is 2.60. The molecule has 0 radical (unpaired) electrons. The zero-order chi connectivity index (χ0) is 18.2. The first-order valence-corrected chi connectivity index (χ1v) is 8.83. The van der Waals surface area contributed by atoms with Gasteiger partial charge in [0.05, 0.1) is 13.7 Å². The van der Waals surface area contributed by atoms with Crippen molar-refractivity contribution >= 4 is 17.6 Å². The Morgan fingerprint density at radius 1 is 1.24 bits per heavy atom. The van der Waals surface area contributed by atoms with Crippen molar-refractivity contribution in [1.29, 1.82) is 0 Å². The van der Waals surface area contributed by atoms with Crippen LogP contribution >= 0.6 is 0 Å². The van der Waals surface area contributed by atoms with E-state index in [1.807, 2.05) is 19.1 Å². The van der Waals surface area contributed by atoms with E-state index in [1.165, 1.54) is 26.4 Å². The minimum Gasteiger partial charge on any atom is -0.482 e. The number of benzene rings is 1. The molecule has 0 spiro atoms. The maximum absolute atomic E-state index is 12.2. The van der Waals surface area contributed by atoms with Crippen LogP contribution in [0, 0.1) is 12.8 Å². The molecule has 1 amide bonds. The lowest BCUT2D eigenvalue weighted by atomic mass is 9.86. The summed E-state index contributed by atoms with van der Waals surface area (Å²) in [6.07, 6.45) is 4.70. The molecule has 1 saturated carbocycles. The smallest absolute Gasteiger partial charge is 0.343 e. The molecule has 0 aromatic heterocycles. The molecule has 2 rings (SSSR count). The Balaban J connectivity index is 1.81. The minimum absolute atomic E-state index is 0.0177. The molecule has 1 aromatic rings. The highest BCUT2D eigenvalue weighted by Gasteiger charge is 2.22. The normalized spacial score (nSPS) is 19.8. The third-order valence-electron chi connectivity index (χ3n) is 4.68. The van der Waals surface area contributed by atoms with Crippen molar-refractivity contribution in [2.45, 2.75) is 45.6 Å². The molecule has 1 fully saturated rings. The SMILES string of the molecule is COC(=O)COc1ccc(NCC(=O)N[C@H]2CCCC[C@@H]2C)c(C)c1.